The summed E-state index contributed by atoms with van der Waals surface area (Å²) >= 11 is 0. The van der Waals surface area contributed by atoms with Crippen LogP contribution in [0.1, 0.15) is 16.8 Å². The summed E-state index contributed by atoms with van der Waals surface area (Å²) in [4.78, 5) is 16.5. The van der Waals surface area contributed by atoms with Gasteiger partial charge in [-0.15, -0.1) is 13.2 Å². The van der Waals surface area contributed by atoms with Crippen LogP contribution in [0.3, 0.4) is 0 Å². The minimum atomic E-state index is -4.86. The summed E-state index contributed by atoms with van der Waals surface area (Å²) in [6, 6.07) is 3.72. The summed E-state index contributed by atoms with van der Waals surface area (Å²) in [5.41, 5.74) is 5.48. The molecule has 0 bridgehead atoms. The van der Waals surface area contributed by atoms with E-state index < -0.39 is 12.1 Å². The molecule has 9 heteroatoms. The van der Waals surface area contributed by atoms with Crippen LogP contribution < -0.4 is 10.5 Å². The molecule has 1 amide bonds. The van der Waals surface area contributed by atoms with Gasteiger partial charge in [-0.2, -0.15) is 0 Å². The zero-order chi connectivity index (χ0) is 18.7. The molecule has 1 aromatic rings. The van der Waals surface area contributed by atoms with Crippen LogP contribution in [0, 0.1) is 5.92 Å². The number of nitrogens with zero attached hydrogens (tertiary/aromatic N) is 2. The highest BCUT2D eigenvalue weighted by Gasteiger charge is 2.32. The minimum Gasteiger partial charge on any atom is -0.404 e. The average Bonchev–Trinajstić information content (AvgIpc) is 3.09. The third-order valence-corrected chi connectivity index (χ3v) is 4.69. The predicted octanol–water partition coefficient (Wildman–Crippen LogP) is 1.96. The van der Waals surface area contributed by atoms with E-state index in [0.717, 1.165) is 45.3 Å². The average molecular weight is 373 g/mol. The van der Waals surface area contributed by atoms with E-state index in [1.54, 1.807) is 4.90 Å². The number of nitrogen functional groups attached to an aromatic ring is 1. The van der Waals surface area contributed by atoms with Gasteiger partial charge in [-0.25, -0.2) is 0 Å². The van der Waals surface area contributed by atoms with Crippen molar-refractivity contribution in [3.63, 3.8) is 0 Å². The van der Waals surface area contributed by atoms with E-state index in [1.165, 1.54) is 12.1 Å². The molecule has 2 saturated heterocycles. The highest BCUT2D eigenvalue weighted by molar-refractivity contribution is 5.95. The molecule has 144 valence electrons. The van der Waals surface area contributed by atoms with E-state index in [4.69, 9.17) is 10.5 Å². The maximum absolute atomic E-state index is 12.6. The maximum Gasteiger partial charge on any atom is 0.573 e. The van der Waals surface area contributed by atoms with E-state index in [9.17, 15) is 18.0 Å². The standard InChI is InChI=1S/C17H22F3N3O3/c18-17(19,20)26-15-9-13(1-2-14(15)21)16(24)23-6-4-22(5-7-23)10-12-3-8-25-11-12/h1-2,9,12H,3-8,10-11,21H2. The second-order valence-corrected chi connectivity index (χ2v) is 6.62. The topological polar surface area (TPSA) is 68.0 Å². The Morgan fingerprint density at radius 1 is 1.27 bits per heavy atom. The van der Waals surface area contributed by atoms with Gasteiger partial charge < -0.3 is 20.1 Å². The molecule has 0 radical (unpaired) electrons. The van der Waals surface area contributed by atoms with Gasteiger partial charge in [-0.1, -0.05) is 0 Å². The zero-order valence-electron chi connectivity index (χ0n) is 14.3. The number of halogens is 3. The first-order valence-corrected chi connectivity index (χ1v) is 8.56. The van der Waals surface area contributed by atoms with Crippen LogP contribution in [0.2, 0.25) is 0 Å². The third-order valence-electron chi connectivity index (χ3n) is 4.69. The second-order valence-electron chi connectivity index (χ2n) is 6.62. The van der Waals surface area contributed by atoms with Crippen LogP contribution in [0.4, 0.5) is 18.9 Å². The quantitative estimate of drug-likeness (QED) is 0.818. The van der Waals surface area contributed by atoms with Crippen LogP contribution in [-0.4, -0.2) is 68.0 Å². The highest BCUT2D eigenvalue weighted by Crippen LogP contribution is 2.29. The highest BCUT2D eigenvalue weighted by atomic mass is 19.4. The number of ether oxygens (including phenoxy) is 2. The van der Waals surface area contributed by atoms with Crippen molar-refractivity contribution in [3.8, 4) is 5.75 Å². The lowest BCUT2D eigenvalue weighted by Crippen LogP contribution is -2.49. The molecule has 1 unspecified atom stereocenters. The van der Waals surface area contributed by atoms with Crippen molar-refractivity contribution in [2.75, 3.05) is 51.7 Å². The number of amides is 1. The number of carbonyl (C=O) groups excluding carboxylic acids is 1. The van der Waals surface area contributed by atoms with Gasteiger partial charge in [0.2, 0.25) is 0 Å². The minimum absolute atomic E-state index is 0.135. The molecule has 2 heterocycles. The van der Waals surface area contributed by atoms with E-state index in [1.807, 2.05) is 0 Å². The van der Waals surface area contributed by atoms with Gasteiger partial charge in [0.05, 0.1) is 12.3 Å². The van der Waals surface area contributed by atoms with Gasteiger partial charge in [-0.05, 0) is 30.5 Å². The van der Waals surface area contributed by atoms with E-state index in [0.29, 0.717) is 19.0 Å². The molecule has 0 aliphatic carbocycles. The lowest BCUT2D eigenvalue weighted by Gasteiger charge is -2.35. The Bertz CT molecular complexity index is 640. The number of carbonyl (C=O) groups is 1. The Hall–Kier alpha value is -2.00. The number of piperazine rings is 1. The molecule has 2 aliphatic heterocycles. The van der Waals surface area contributed by atoms with Crippen LogP contribution in [0.25, 0.3) is 0 Å². The van der Waals surface area contributed by atoms with Crippen molar-refractivity contribution in [1.82, 2.24) is 9.80 Å². The summed E-state index contributed by atoms with van der Waals surface area (Å²) < 4.78 is 46.6. The van der Waals surface area contributed by atoms with Gasteiger partial charge in [0.25, 0.3) is 5.91 Å². The first-order chi connectivity index (χ1) is 12.3. The first kappa shape index (κ1) is 18.8. The van der Waals surface area contributed by atoms with E-state index in [-0.39, 0.29) is 17.2 Å². The van der Waals surface area contributed by atoms with Crippen molar-refractivity contribution in [3.05, 3.63) is 23.8 Å². The fourth-order valence-electron chi connectivity index (χ4n) is 3.29. The fourth-order valence-corrected chi connectivity index (χ4v) is 3.29. The van der Waals surface area contributed by atoms with Gasteiger partial charge in [0.15, 0.2) is 5.75 Å². The summed E-state index contributed by atoms with van der Waals surface area (Å²) in [6.45, 7) is 5.09. The van der Waals surface area contributed by atoms with Crippen LogP contribution in [0.5, 0.6) is 5.75 Å². The number of benzene rings is 1. The van der Waals surface area contributed by atoms with Gasteiger partial charge in [-0.3, -0.25) is 9.69 Å². The summed E-state index contributed by atoms with van der Waals surface area (Å²) in [7, 11) is 0. The Morgan fingerprint density at radius 3 is 2.62 bits per heavy atom. The molecule has 26 heavy (non-hydrogen) atoms. The first-order valence-electron chi connectivity index (χ1n) is 8.56. The molecular weight excluding hydrogens is 351 g/mol. The molecule has 1 aromatic carbocycles. The lowest BCUT2D eigenvalue weighted by atomic mass is 10.1. The number of alkyl halides is 3. The zero-order valence-corrected chi connectivity index (χ0v) is 14.3. The Morgan fingerprint density at radius 2 is 2.00 bits per heavy atom. The molecule has 2 N–H and O–H groups in total. The summed E-state index contributed by atoms with van der Waals surface area (Å²) in [5, 5.41) is 0. The Balaban J connectivity index is 1.58. The number of hydrogen-bond acceptors (Lipinski definition) is 5. The number of rotatable bonds is 4. The largest absolute Gasteiger partial charge is 0.573 e. The summed E-state index contributed by atoms with van der Waals surface area (Å²) in [5.74, 6) is -0.333. The van der Waals surface area contributed by atoms with Gasteiger partial charge in [0.1, 0.15) is 0 Å². The van der Waals surface area contributed by atoms with E-state index >= 15 is 0 Å². The number of anilines is 1. The SMILES string of the molecule is Nc1ccc(C(=O)N2CCN(CC3CCOC3)CC2)cc1OC(F)(F)F. The van der Waals surface area contributed by atoms with E-state index in [2.05, 4.69) is 9.64 Å². The van der Waals surface area contributed by atoms with Crippen molar-refractivity contribution in [1.29, 1.82) is 0 Å². The monoisotopic (exact) mass is 373 g/mol. The number of hydrogen-bond donors (Lipinski definition) is 1. The van der Waals surface area contributed by atoms with Gasteiger partial charge in [0, 0.05) is 44.9 Å². The molecule has 2 fully saturated rings. The molecule has 0 saturated carbocycles. The fraction of sp³-hybridized carbons (Fsp3) is 0.588. The molecule has 3 rings (SSSR count). The molecule has 2 aliphatic rings. The molecule has 0 spiro atoms. The van der Waals surface area contributed by atoms with Gasteiger partial charge >= 0.3 is 6.36 Å². The van der Waals surface area contributed by atoms with Crippen LogP contribution in [-0.2, 0) is 4.74 Å². The predicted molar refractivity (Wildman–Crippen MR) is 88.8 cm³/mol. The Labute approximate surface area is 149 Å². The van der Waals surface area contributed by atoms with Crippen molar-refractivity contribution in [2.45, 2.75) is 12.8 Å². The maximum atomic E-state index is 12.6. The van der Waals surface area contributed by atoms with Crippen LogP contribution in [0.15, 0.2) is 18.2 Å². The van der Waals surface area contributed by atoms with Crippen molar-refractivity contribution in [2.24, 2.45) is 5.92 Å². The molecular formula is C17H22F3N3O3. The molecule has 0 aromatic heterocycles. The molecule has 6 nitrogen and oxygen atoms in total. The summed E-state index contributed by atoms with van der Waals surface area (Å²) in [6.07, 6.45) is -3.79. The molecule has 1 atom stereocenters. The second kappa shape index (κ2) is 7.71. The third kappa shape index (κ3) is 4.79. The van der Waals surface area contributed by atoms with Crippen molar-refractivity contribution >= 4 is 11.6 Å². The lowest BCUT2D eigenvalue weighted by molar-refractivity contribution is -0.274. The normalized spacial score (nSPS) is 21.8. The Kier molecular flexibility index (Phi) is 5.57. The van der Waals surface area contributed by atoms with Crippen molar-refractivity contribution < 1.29 is 27.4 Å². The smallest absolute Gasteiger partial charge is 0.404 e. The van der Waals surface area contributed by atoms with Crippen LogP contribution >= 0.6 is 0 Å². The number of nitrogens with two attached hydrogens (primary N) is 1.